The summed E-state index contributed by atoms with van der Waals surface area (Å²) in [7, 11) is 1.86. The molecule has 0 spiro atoms. The highest BCUT2D eigenvalue weighted by Crippen LogP contribution is 2.26. The molecule has 2 heterocycles. The Morgan fingerprint density at radius 1 is 1.67 bits per heavy atom. The van der Waals surface area contributed by atoms with Gasteiger partial charge in [0.15, 0.2) is 0 Å². The minimum Gasteiger partial charge on any atom is -0.307 e. The summed E-state index contributed by atoms with van der Waals surface area (Å²) in [5.74, 6) is -0.131. The van der Waals surface area contributed by atoms with Crippen molar-refractivity contribution in [2.75, 3.05) is 0 Å². The molecule has 1 saturated heterocycles. The first-order valence-electron chi connectivity index (χ1n) is 4.31. The van der Waals surface area contributed by atoms with Crippen LogP contribution in [0.5, 0.6) is 0 Å². The van der Waals surface area contributed by atoms with Gasteiger partial charge in [-0.15, -0.1) is 0 Å². The van der Waals surface area contributed by atoms with Gasteiger partial charge in [0.05, 0.1) is 11.1 Å². The van der Waals surface area contributed by atoms with Crippen molar-refractivity contribution in [3.63, 3.8) is 0 Å². The predicted molar refractivity (Wildman–Crippen MR) is 64.3 cm³/mol. The van der Waals surface area contributed by atoms with E-state index in [0.717, 1.165) is 11.3 Å². The second kappa shape index (κ2) is 3.79. The molecule has 1 aliphatic heterocycles. The second-order valence-electron chi connectivity index (χ2n) is 3.16. The van der Waals surface area contributed by atoms with E-state index < -0.39 is 0 Å². The fourth-order valence-electron chi connectivity index (χ4n) is 1.22. The van der Waals surface area contributed by atoms with Crippen LogP contribution >= 0.6 is 24.0 Å². The first kappa shape index (κ1) is 10.4. The molecule has 1 amide bonds. The number of nitrogens with one attached hydrogen (secondary N) is 1. The molecule has 1 aliphatic rings. The van der Waals surface area contributed by atoms with Gasteiger partial charge in [0.2, 0.25) is 0 Å². The number of carbonyl (C=O) groups excluding carboxylic acids is 1. The monoisotopic (exact) mass is 239 g/mol. The number of carbonyl (C=O) groups is 1. The molecular formula is C9H9N3OS2. The molecule has 0 saturated carbocycles. The molecule has 1 aromatic rings. The Hall–Kier alpha value is -1.14. The van der Waals surface area contributed by atoms with Crippen molar-refractivity contribution < 1.29 is 4.79 Å². The minimum absolute atomic E-state index is 0.131. The first-order chi connectivity index (χ1) is 7.08. The van der Waals surface area contributed by atoms with Crippen molar-refractivity contribution in [2.24, 2.45) is 7.05 Å². The zero-order valence-electron chi connectivity index (χ0n) is 8.27. The van der Waals surface area contributed by atoms with Gasteiger partial charge in [-0.25, -0.2) is 0 Å². The van der Waals surface area contributed by atoms with E-state index in [4.69, 9.17) is 12.2 Å². The lowest BCUT2D eigenvalue weighted by atomic mass is 10.2. The number of thiocarbonyl (C=S) groups is 1. The summed E-state index contributed by atoms with van der Waals surface area (Å²) in [6.45, 7) is 1.95. The van der Waals surface area contributed by atoms with Gasteiger partial charge >= 0.3 is 0 Å². The molecule has 2 rings (SSSR count). The van der Waals surface area contributed by atoms with Crippen LogP contribution < -0.4 is 5.32 Å². The Morgan fingerprint density at radius 3 is 2.87 bits per heavy atom. The first-order valence-corrected chi connectivity index (χ1v) is 5.54. The molecule has 0 aliphatic carbocycles. The normalized spacial score (nSPS) is 18.7. The highest BCUT2D eigenvalue weighted by Gasteiger charge is 2.22. The third-order valence-corrected chi connectivity index (χ3v) is 3.36. The van der Waals surface area contributed by atoms with Crippen LogP contribution in [-0.2, 0) is 11.8 Å². The van der Waals surface area contributed by atoms with E-state index in [0.29, 0.717) is 9.23 Å². The number of rotatable bonds is 1. The number of aromatic nitrogens is 2. The molecule has 0 atom stereocenters. The number of thioether (sulfide) groups is 1. The maximum atomic E-state index is 11.4. The zero-order valence-corrected chi connectivity index (χ0v) is 9.91. The summed E-state index contributed by atoms with van der Waals surface area (Å²) < 4.78 is 2.27. The minimum atomic E-state index is -0.131. The molecule has 6 heteroatoms. The zero-order chi connectivity index (χ0) is 11.0. The third-order valence-electron chi connectivity index (χ3n) is 2.20. The smallest absolute Gasteiger partial charge is 0.263 e. The van der Waals surface area contributed by atoms with E-state index in [1.54, 1.807) is 10.9 Å². The number of amides is 1. The molecule has 78 valence electrons. The van der Waals surface area contributed by atoms with E-state index in [1.807, 2.05) is 20.0 Å². The van der Waals surface area contributed by atoms with E-state index >= 15 is 0 Å². The molecular weight excluding hydrogens is 230 g/mol. The van der Waals surface area contributed by atoms with Crippen LogP contribution in [0.15, 0.2) is 11.1 Å². The van der Waals surface area contributed by atoms with E-state index in [1.165, 1.54) is 11.8 Å². The van der Waals surface area contributed by atoms with Gasteiger partial charge in [0.25, 0.3) is 5.91 Å². The molecule has 1 aromatic heterocycles. The van der Waals surface area contributed by atoms with Gasteiger partial charge in [-0.1, -0.05) is 24.0 Å². The van der Waals surface area contributed by atoms with Gasteiger partial charge in [0, 0.05) is 18.3 Å². The van der Waals surface area contributed by atoms with Crippen molar-refractivity contribution in [1.29, 1.82) is 0 Å². The molecule has 0 unspecified atom stereocenters. The molecule has 1 N–H and O–H groups in total. The van der Waals surface area contributed by atoms with Crippen LogP contribution in [-0.4, -0.2) is 20.0 Å². The van der Waals surface area contributed by atoms with E-state index in [9.17, 15) is 4.79 Å². The summed E-state index contributed by atoms with van der Waals surface area (Å²) in [4.78, 5) is 12.0. The van der Waals surface area contributed by atoms with Crippen molar-refractivity contribution in [1.82, 2.24) is 15.1 Å². The Bertz CT molecular complexity index is 476. The summed E-state index contributed by atoms with van der Waals surface area (Å²) >= 11 is 6.18. The summed E-state index contributed by atoms with van der Waals surface area (Å²) in [6.07, 6.45) is 3.54. The van der Waals surface area contributed by atoms with E-state index in [2.05, 4.69) is 10.4 Å². The number of hydrogen-bond donors (Lipinski definition) is 1. The Morgan fingerprint density at radius 2 is 2.40 bits per heavy atom. The predicted octanol–water partition coefficient (Wildman–Crippen LogP) is 1.22. The summed E-state index contributed by atoms with van der Waals surface area (Å²) in [6, 6.07) is 0. The quantitative estimate of drug-likeness (QED) is 0.591. The maximum absolute atomic E-state index is 11.4. The van der Waals surface area contributed by atoms with Crippen molar-refractivity contribution >= 4 is 40.3 Å². The van der Waals surface area contributed by atoms with Crippen LogP contribution in [0.4, 0.5) is 0 Å². The molecule has 0 radical (unpaired) electrons. The fourth-order valence-corrected chi connectivity index (χ4v) is 2.25. The molecule has 0 aromatic carbocycles. The lowest BCUT2D eigenvalue weighted by Crippen LogP contribution is -2.17. The van der Waals surface area contributed by atoms with Crippen LogP contribution in [0, 0.1) is 6.92 Å². The molecule has 4 nitrogen and oxygen atoms in total. The van der Waals surface area contributed by atoms with E-state index in [-0.39, 0.29) is 5.91 Å². The lowest BCUT2D eigenvalue weighted by molar-refractivity contribution is -0.115. The fraction of sp³-hybridized carbons (Fsp3) is 0.222. The number of hydrogen-bond acceptors (Lipinski definition) is 4. The molecule has 1 fully saturated rings. The topological polar surface area (TPSA) is 46.9 Å². The van der Waals surface area contributed by atoms with Gasteiger partial charge in [-0.2, -0.15) is 5.10 Å². The lowest BCUT2D eigenvalue weighted by Gasteiger charge is -1.95. The van der Waals surface area contributed by atoms with Crippen molar-refractivity contribution in [3.05, 3.63) is 22.4 Å². The SMILES string of the molecule is Cc1c(/C=C2\SC(=S)NC2=O)cnn1C. The Balaban J connectivity index is 2.35. The second-order valence-corrected chi connectivity index (χ2v) is 4.88. The number of nitrogens with zero attached hydrogens (tertiary/aromatic N) is 2. The van der Waals surface area contributed by atoms with Crippen molar-refractivity contribution in [2.45, 2.75) is 6.92 Å². The highest BCUT2D eigenvalue weighted by molar-refractivity contribution is 8.26. The van der Waals surface area contributed by atoms with Crippen LogP contribution in [0.3, 0.4) is 0 Å². The average molecular weight is 239 g/mol. The van der Waals surface area contributed by atoms with Crippen LogP contribution in [0.1, 0.15) is 11.3 Å². The van der Waals surface area contributed by atoms with Crippen molar-refractivity contribution in [3.8, 4) is 0 Å². The van der Waals surface area contributed by atoms with Gasteiger partial charge in [-0.05, 0) is 13.0 Å². The average Bonchev–Trinajstić information content (AvgIpc) is 2.64. The van der Waals surface area contributed by atoms with Gasteiger partial charge < -0.3 is 5.32 Å². The van der Waals surface area contributed by atoms with Crippen LogP contribution in [0.2, 0.25) is 0 Å². The van der Waals surface area contributed by atoms with Crippen LogP contribution in [0.25, 0.3) is 6.08 Å². The standard InChI is InChI=1S/C9H9N3OS2/c1-5-6(4-10-12(5)2)3-7-8(13)11-9(14)15-7/h3-4H,1-2H3,(H,11,13,14)/b7-3-. The Labute approximate surface area is 96.7 Å². The largest absolute Gasteiger partial charge is 0.307 e. The Kier molecular flexibility index (Phi) is 2.62. The summed E-state index contributed by atoms with van der Waals surface area (Å²) in [5, 5.41) is 6.67. The van der Waals surface area contributed by atoms with Gasteiger partial charge in [-0.3, -0.25) is 9.48 Å². The van der Waals surface area contributed by atoms with Gasteiger partial charge in [0.1, 0.15) is 4.32 Å². The highest BCUT2D eigenvalue weighted by atomic mass is 32.2. The maximum Gasteiger partial charge on any atom is 0.263 e. The number of aryl methyl sites for hydroxylation is 1. The molecule has 15 heavy (non-hydrogen) atoms. The molecule has 0 bridgehead atoms. The summed E-state index contributed by atoms with van der Waals surface area (Å²) in [5.41, 5.74) is 1.97. The third kappa shape index (κ3) is 1.95.